The Morgan fingerprint density at radius 3 is 2.00 bits per heavy atom. The van der Waals surface area contributed by atoms with Gasteiger partial charge in [0.2, 0.25) is 0 Å². The van der Waals surface area contributed by atoms with Crippen molar-refractivity contribution in [2.45, 2.75) is 13.8 Å². The molecule has 0 atom stereocenters. The van der Waals surface area contributed by atoms with Crippen LogP contribution in [0, 0.1) is 0 Å². The lowest BCUT2D eigenvalue weighted by Gasteiger charge is -2.03. The standard InChI is InChI=1S/C5H8Si/c1-4-3-5(2)6-4/h3,6H,1-2H3. The molecule has 0 nitrogen and oxygen atoms in total. The Labute approximate surface area is 40.3 Å². The Kier molecular flexibility index (Phi) is 0.769. The summed E-state index contributed by atoms with van der Waals surface area (Å²) in [4.78, 5) is 0. The molecule has 1 heterocycles. The summed E-state index contributed by atoms with van der Waals surface area (Å²) >= 11 is 0. The highest BCUT2D eigenvalue weighted by molar-refractivity contribution is 6.68. The highest BCUT2D eigenvalue weighted by atomic mass is 28.2. The second-order valence-electron chi connectivity index (χ2n) is 1.78. The Balaban J connectivity index is 2.57. The summed E-state index contributed by atoms with van der Waals surface area (Å²) in [5.74, 6) is 0. The fraction of sp³-hybridized carbons (Fsp3) is 0.400. The Bertz CT molecular complexity index is 98.4. The van der Waals surface area contributed by atoms with Crippen molar-refractivity contribution in [2.75, 3.05) is 0 Å². The van der Waals surface area contributed by atoms with E-state index < -0.39 is 0 Å². The third-order valence-electron chi connectivity index (χ3n) is 0.911. The second kappa shape index (κ2) is 1.15. The monoisotopic (exact) mass is 96.0 g/mol. The zero-order valence-corrected chi connectivity index (χ0v) is 5.31. The van der Waals surface area contributed by atoms with Gasteiger partial charge in [0.25, 0.3) is 0 Å². The molecule has 1 heteroatoms. The smallest absolute Gasteiger partial charge is 0.0273 e. The van der Waals surface area contributed by atoms with Gasteiger partial charge in [-0.15, -0.1) is 0 Å². The molecule has 0 amide bonds. The molecule has 32 valence electrons. The van der Waals surface area contributed by atoms with Gasteiger partial charge in [-0.2, -0.15) is 0 Å². The third kappa shape index (κ3) is 0.499. The average Bonchev–Trinajstić information content (AvgIpc) is 1.33. The lowest BCUT2D eigenvalue weighted by atomic mass is 10.4. The summed E-state index contributed by atoms with van der Waals surface area (Å²) < 4.78 is 0. The number of hydrogen-bond acceptors (Lipinski definition) is 0. The van der Waals surface area contributed by atoms with E-state index in [9.17, 15) is 0 Å². The number of allylic oxidation sites excluding steroid dienone is 2. The van der Waals surface area contributed by atoms with Crippen LogP contribution in [0.5, 0.6) is 0 Å². The zero-order valence-electron chi connectivity index (χ0n) is 4.15. The van der Waals surface area contributed by atoms with Crippen molar-refractivity contribution in [3.63, 3.8) is 0 Å². The van der Waals surface area contributed by atoms with E-state index in [0.717, 1.165) is 0 Å². The lowest BCUT2D eigenvalue weighted by Crippen LogP contribution is -2.06. The van der Waals surface area contributed by atoms with Gasteiger partial charge < -0.3 is 0 Å². The van der Waals surface area contributed by atoms with Crippen LogP contribution in [0.15, 0.2) is 11.3 Å². The van der Waals surface area contributed by atoms with Crippen molar-refractivity contribution < 1.29 is 0 Å². The van der Waals surface area contributed by atoms with Gasteiger partial charge in [-0.3, -0.25) is 0 Å². The van der Waals surface area contributed by atoms with Crippen LogP contribution in [0.25, 0.3) is 0 Å². The summed E-state index contributed by atoms with van der Waals surface area (Å²) in [6, 6.07) is 0. The average molecular weight is 96.2 g/mol. The Hall–Kier alpha value is -0.173. The van der Waals surface area contributed by atoms with Crippen LogP contribution in [0.1, 0.15) is 13.8 Å². The highest BCUT2D eigenvalue weighted by Gasteiger charge is 1.93. The molecule has 0 bridgehead atoms. The maximum Gasteiger partial charge on any atom is 0.0273 e. The first-order chi connectivity index (χ1) is 2.79. The number of hydrogen-bond donors (Lipinski definition) is 0. The molecule has 1 aliphatic heterocycles. The summed E-state index contributed by atoms with van der Waals surface area (Å²) in [5, 5.41) is 3.21. The molecular formula is C5H8Si. The maximum atomic E-state index is 2.26. The van der Waals surface area contributed by atoms with Crippen LogP contribution in [0.2, 0.25) is 0 Å². The minimum Gasteiger partial charge on any atom is -0.0698 e. The van der Waals surface area contributed by atoms with Crippen LogP contribution < -0.4 is 0 Å². The van der Waals surface area contributed by atoms with Gasteiger partial charge in [-0.05, 0) is 13.8 Å². The van der Waals surface area contributed by atoms with E-state index in [0.29, 0.717) is 9.13 Å². The van der Waals surface area contributed by atoms with Crippen molar-refractivity contribution in [2.24, 2.45) is 0 Å². The van der Waals surface area contributed by atoms with E-state index in [-0.39, 0.29) is 0 Å². The zero-order chi connectivity index (χ0) is 4.57. The highest BCUT2D eigenvalue weighted by Crippen LogP contribution is 1.95. The van der Waals surface area contributed by atoms with Crippen LogP contribution in [0.4, 0.5) is 0 Å². The van der Waals surface area contributed by atoms with Crippen molar-refractivity contribution in [1.82, 2.24) is 0 Å². The lowest BCUT2D eigenvalue weighted by molar-refractivity contribution is 1.64. The van der Waals surface area contributed by atoms with Crippen LogP contribution in [0.3, 0.4) is 0 Å². The first-order valence-corrected chi connectivity index (χ1v) is 3.31. The predicted molar refractivity (Wildman–Crippen MR) is 31.6 cm³/mol. The van der Waals surface area contributed by atoms with Crippen LogP contribution in [-0.4, -0.2) is 14.3 Å². The largest absolute Gasteiger partial charge is 0.0698 e. The molecule has 0 aliphatic carbocycles. The molecule has 0 saturated carbocycles. The quantitative estimate of drug-likeness (QED) is 0.386. The van der Waals surface area contributed by atoms with Gasteiger partial charge in [0, 0.05) is 9.13 Å². The predicted octanol–water partition coefficient (Wildman–Crippen LogP) is 0.533. The molecule has 6 heavy (non-hydrogen) atoms. The van der Waals surface area contributed by atoms with E-state index in [2.05, 4.69) is 19.9 Å². The number of rotatable bonds is 0. The van der Waals surface area contributed by atoms with Crippen molar-refractivity contribution >= 4 is 14.3 Å². The molecule has 1 aliphatic rings. The van der Waals surface area contributed by atoms with E-state index in [1.807, 2.05) is 0 Å². The molecule has 0 spiro atoms. The fourth-order valence-corrected chi connectivity index (χ4v) is 1.83. The molecule has 0 unspecified atom stereocenters. The second-order valence-corrected chi connectivity index (χ2v) is 3.89. The van der Waals surface area contributed by atoms with E-state index >= 15 is 0 Å². The molecule has 0 fully saturated rings. The summed E-state index contributed by atoms with van der Waals surface area (Å²) in [6.45, 7) is 4.39. The van der Waals surface area contributed by atoms with Gasteiger partial charge in [0.1, 0.15) is 0 Å². The molecule has 1 rings (SSSR count). The Morgan fingerprint density at radius 1 is 1.50 bits per heavy atom. The molecule has 0 aromatic rings. The molecule has 0 saturated heterocycles. The van der Waals surface area contributed by atoms with Crippen LogP contribution >= 0.6 is 0 Å². The molecule has 0 N–H and O–H groups in total. The summed E-state index contributed by atoms with van der Waals surface area (Å²) in [7, 11) is 0.639. The van der Waals surface area contributed by atoms with Gasteiger partial charge in [-0.25, -0.2) is 0 Å². The first-order valence-electron chi connectivity index (χ1n) is 2.15. The molecule has 0 aromatic carbocycles. The third-order valence-corrected chi connectivity index (χ3v) is 2.15. The Morgan fingerprint density at radius 2 is 2.00 bits per heavy atom. The topological polar surface area (TPSA) is 0 Å². The summed E-state index contributed by atoms with van der Waals surface area (Å²) in [5.41, 5.74) is 0. The minimum absolute atomic E-state index is 0.639. The molecular weight excluding hydrogens is 88.1 g/mol. The van der Waals surface area contributed by atoms with Crippen molar-refractivity contribution in [3.8, 4) is 0 Å². The van der Waals surface area contributed by atoms with E-state index in [1.54, 1.807) is 10.4 Å². The van der Waals surface area contributed by atoms with Crippen LogP contribution in [-0.2, 0) is 0 Å². The van der Waals surface area contributed by atoms with Crippen molar-refractivity contribution in [1.29, 1.82) is 0 Å². The van der Waals surface area contributed by atoms with Crippen molar-refractivity contribution in [3.05, 3.63) is 11.3 Å². The van der Waals surface area contributed by atoms with E-state index in [4.69, 9.17) is 0 Å². The molecule has 0 radical (unpaired) electrons. The van der Waals surface area contributed by atoms with Gasteiger partial charge in [-0.1, -0.05) is 16.4 Å². The minimum atomic E-state index is 0.639. The van der Waals surface area contributed by atoms with E-state index in [1.165, 1.54) is 0 Å². The fourth-order valence-electron chi connectivity index (χ4n) is 0.705. The maximum absolute atomic E-state index is 2.26. The molecule has 0 aromatic heterocycles. The van der Waals surface area contributed by atoms with Gasteiger partial charge in [0.15, 0.2) is 0 Å². The first kappa shape index (κ1) is 4.00. The van der Waals surface area contributed by atoms with Gasteiger partial charge in [0.05, 0.1) is 0 Å². The SMILES string of the molecule is CC1=CC(C)=[SiH]1. The summed E-state index contributed by atoms with van der Waals surface area (Å²) in [6.07, 6.45) is 2.26. The normalized spacial score (nSPS) is 18.3. The van der Waals surface area contributed by atoms with Gasteiger partial charge >= 0.3 is 0 Å².